The Labute approximate surface area is 261 Å². The number of anilines is 3. The molecule has 0 spiro atoms. The summed E-state index contributed by atoms with van der Waals surface area (Å²) in [5.41, 5.74) is 4.28. The second-order valence-corrected chi connectivity index (χ2v) is 12.1. The third-order valence-electron chi connectivity index (χ3n) is 8.77. The number of amides is 2. The number of allylic oxidation sites excluding steroid dienone is 1. The summed E-state index contributed by atoms with van der Waals surface area (Å²) >= 11 is 0. The molecule has 3 aromatic heterocycles. The fourth-order valence-electron chi connectivity index (χ4n) is 6.82. The van der Waals surface area contributed by atoms with Crippen molar-refractivity contribution in [3.8, 4) is 5.75 Å². The number of fused-ring (bicyclic) bond motifs is 2. The van der Waals surface area contributed by atoms with Crippen molar-refractivity contribution >= 4 is 46.0 Å². The normalized spacial score (nSPS) is 21.6. The maximum atomic E-state index is 13.5. The number of ether oxygens (including phenoxy) is 2. The predicted octanol–water partition coefficient (Wildman–Crippen LogP) is 5.31. The van der Waals surface area contributed by atoms with E-state index in [2.05, 4.69) is 50.3 Å². The van der Waals surface area contributed by atoms with E-state index in [1.165, 1.54) is 0 Å². The zero-order valence-corrected chi connectivity index (χ0v) is 25.7. The fourth-order valence-corrected chi connectivity index (χ4v) is 6.82. The number of hydrogen-bond acceptors (Lipinski definition) is 8. The largest absolute Gasteiger partial charge is 0.452 e. The number of pyridine rings is 2. The summed E-state index contributed by atoms with van der Waals surface area (Å²) in [4.78, 5) is 39.7. The highest BCUT2D eigenvalue weighted by Crippen LogP contribution is 2.37. The van der Waals surface area contributed by atoms with Gasteiger partial charge in [-0.3, -0.25) is 14.7 Å². The molecule has 2 saturated heterocycles. The predicted molar refractivity (Wildman–Crippen MR) is 174 cm³/mol. The lowest BCUT2D eigenvalue weighted by atomic mass is 10.00. The first kappa shape index (κ1) is 29.0. The minimum Gasteiger partial charge on any atom is -0.452 e. The van der Waals surface area contributed by atoms with Gasteiger partial charge in [0, 0.05) is 80.2 Å². The molecule has 232 valence electrons. The number of ketones is 1. The van der Waals surface area contributed by atoms with E-state index < -0.39 is 6.03 Å². The maximum Gasteiger partial charge on any atom is 0.323 e. The molecule has 11 heteroatoms. The van der Waals surface area contributed by atoms with Gasteiger partial charge in [-0.15, -0.1) is 0 Å². The van der Waals surface area contributed by atoms with E-state index in [9.17, 15) is 9.59 Å². The number of carbonyl (C=O) groups excluding carboxylic acids is 2. The first-order valence-electron chi connectivity index (χ1n) is 15.5. The molecule has 2 amide bonds. The van der Waals surface area contributed by atoms with Gasteiger partial charge in [0.1, 0.15) is 11.4 Å². The molecule has 2 N–H and O–H groups in total. The van der Waals surface area contributed by atoms with Crippen LogP contribution in [0.4, 0.5) is 21.9 Å². The first-order chi connectivity index (χ1) is 21.8. The molecule has 4 aromatic rings. The Kier molecular flexibility index (Phi) is 7.72. The second kappa shape index (κ2) is 12.0. The molecule has 1 aromatic carbocycles. The Morgan fingerprint density at radius 3 is 2.56 bits per heavy atom. The number of piperidine rings is 1. The molecule has 2 fully saturated rings. The number of nitrogens with zero attached hydrogens (tertiary/aromatic N) is 5. The Morgan fingerprint density at radius 1 is 1.02 bits per heavy atom. The van der Waals surface area contributed by atoms with Crippen molar-refractivity contribution in [1.29, 1.82) is 0 Å². The van der Waals surface area contributed by atoms with Gasteiger partial charge in [0.05, 0.1) is 29.7 Å². The molecule has 2 atom stereocenters. The van der Waals surface area contributed by atoms with E-state index in [0.717, 1.165) is 61.3 Å². The highest BCUT2D eigenvalue weighted by atomic mass is 16.5. The summed E-state index contributed by atoms with van der Waals surface area (Å²) in [5.74, 6) is 0.453. The minimum absolute atomic E-state index is 0.235. The van der Waals surface area contributed by atoms with E-state index in [1.807, 2.05) is 24.0 Å². The third-order valence-corrected chi connectivity index (χ3v) is 8.77. The topological polar surface area (TPSA) is 114 Å². The number of urea groups is 1. The molecule has 7 rings (SSSR count). The van der Waals surface area contributed by atoms with Crippen LogP contribution in [-0.2, 0) is 11.8 Å². The van der Waals surface area contributed by atoms with Gasteiger partial charge in [0.2, 0.25) is 5.78 Å². The summed E-state index contributed by atoms with van der Waals surface area (Å²) in [6.45, 7) is 8.18. The number of rotatable bonds is 5. The summed E-state index contributed by atoms with van der Waals surface area (Å²) in [6, 6.07) is 10.7. The smallest absolute Gasteiger partial charge is 0.323 e. The maximum absolute atomic E-state index is 13.5. The van der Waals surface area contributed by atoms with Crippen LogP contribution in [0.2, 0.25) is 0 Å². The lowest BCUT2D eigenvalue weighted by Crippen LogP contribution is -2.53. The highest BCUT2D eigenvalue weighted by molar-refractivity contribution is 6.16. The molecular weight excluding hydrogens is 570 g/mol. The van der Waals surface area contributed by atoms with E-state index >= 15 is 0 Å². The quantitative estimate of drug-likeness (QED) is 0.294. The molecule has 11 nitrogen and oxygen atoms in total. The molecule has 6 heterocycles. The van der Waals surface area contributed by atoms with Crippen molar-refractivity contribution in [3.63, 3.8) is 0 Å². The third kappa shape index (κ3) is 5.88. The van der Waals surface area contributed by atoms with Crippen LogP contribution in [0.3, 0.4) is 0 Å². The molecule has 0 unspecified atom stereocenters. The van der Waals surface area contributed by atoms with Crippen molar-refractivity contribution in [2.24, 2.45) is 7.05 Å². The number of morpholine rings is 1. The van der Waals surface area contributed by atoms with Gasteiger partial charge in [-0.1, -0.05) is 0 Å². The van der Waals surface area contributed by atoms with Crippen LogP contribution < -0.4 is 20.3 Å². The van der Waals surface area contributed by atoms with E-state index in [0.29, 0.717) is 28.7 Å². The van der Waals surface area contributed by atoms with Gasteiger partial charge in [-0.25, -0.2) is 9.78 Å². The van der Waals surface area contributed by atoms with Crippen molar-refractivity contribution < 1.29 is 19.1 Å². The number of carbonyl (C=O) groups is 2. The SMILES string of the molecule is C[C@@H]1CN(C2CCN(c3ccnc4c3c(C=C3Oc5ccc(NC(=O)Nc6cccnc6)cc5C3=O)cn4C)CC2)C[C@H](C)O1. The fraction of sp³-hybridized carbons (Fsp3) is 0.353. The van der Waals surface area contributed by atoms with E-state index in [4.69, 9.17) is 9.47 Å². The Balaban J connectivity index is 1.09. The van der Waals surface area contributed by atoms with Gasteiger partial charge in [-0.2, -0.15) is 0 Å². The van der Waals surface area contributed by atoms with Crippen LogP contribution in [0.5, 0.6) is 5.75 Å². The molecular formula is C34H37N7O4. The van der Waals surface area contributed by atoms with Gasteiger partial charge in [0.15, 0.2) is 5.76 Å². The second-order valence-electron chi connectivity index (χ2n) is 12.1. The lowest BCUT2D eigenvalue weighted by Gasteiger charge is -2.44. The number of hydrogen-bond donors (Lipinski definition) is 2. The molecule has 3 aliphatic rings. The number of aryl methyl sites for hydroxylation is 1. The zero-order chi connectivity index (χ0) is 31.1. The van der Waals surface area contributed by atoms with Crippen LogP contribution in [0, 0.1) is 0 Å². The van der Waals surface area contributed by atoms with Crippen LogP contribution in [0.15, 0.2) is 66.9 Å². The highest BCUT2D eigenvalue weighted by Gasteiger charge is 2.32. The first-order valence-corrected chi connectivity index (χ1v) is 15.5. The Morgan fingerprint density at radius 2 is 1.80 bits per heavy atom. The molecule has 0 saturated carbocycles. The van der Waals surface area contributed by atoms with Crippen LogP contribution in [-0.4, -0.2) is 75.7 Å². The number of benzene rings is 1. The molecule has 45 heavy (non-hydrogen) atoms. The molecule has 0 radical (unpaired) electrons. The monoisotopic (exact) mass is 607 g/mol. The van der Waals surface area contributed by atoms with Gasteiger partial charge in [-0.05, 0) is 69.2 Å². The number of nitrogens with one attached hydrogen (secondary N) is 2. The standard InChI is InChI=1S/C34H37N7O4/c1-21-18-41(19-22(2)44-21)26-9-13-40(14-10-26)28-8-12-36-33-31(28)23(20-39(33)3)15-30-32(42)27-16-24(6-7-29(27)45-30)37-34(43)38-25-5-4-11-35-17-25/h4-8,11-12,15-17,20-22,26H,9-10,13-14,18-19H2,1-3H3,(H2,37,38,43)/t21-,22+. The number of Topliss-reactive ketones (excluding diaryl/α,β-unsaturated/α-hetero) is 1. The molecule has 0 aliphatic carbocycles. The van der Waals surface area contributed by atoms with Crippen molar-refractivity contribution in [2.45, 2.75) is 44.9 Å². The van der Waals surface area contributed by atoms with Crippen molar-refractivity contribution in [3.05, 3.63) is 78.1 Å². The summed E-state index contributed by atoms with van der Waals surface area (Å²) in [7, 11) is 1.97. The Bertz CT molecular complexity index is 1770. The Hall–Kier alpha value is -4.74. The summed E-state index contributed by atoms with van der Waals surface area (Å²) in [6.07, 6.45) is 11.5. The average Bonchev–Trinajstić information content (AvgIpc) is 3.52. The van der Waals surface area contributed by atoms with E-state index in [-0.39, 0.29) is 23.8 Å². The van der Waals surface area contributed by atoms with Gasteiger partial charge < -0.3 is 29.6 Å². The zero-order valence-electron chi connectivity index (χ0n) is 25.7. The van der Waals surface area contributed by atoms with Crippen molar-refractivity contribution in [1.82, 2.24) is 19.4 Å². The molecule has 3 aliphatic heterocycles. The van der Waals surface area contributed by atoms with Crippen LogP contribution >= 0.6 is 0 Å². The van der Waals surface area contributed by atoms with E-state index in [1.54, 1.807) is 48.8 Å². The number of aromatic nitrogens is 3. The lowest BCUT2D eigenvalue weighted by molar-refractivity contribution is -0.0826. The summed E-state index contributed by atoms with van der Waals surface area (Å²) in [5, 5.41) is 6.50. The van der Waals surface area contributed by atoms with Crippen LogP contribution in [0.1, 0.15) is 42.6 Å². The average molecular weight is 608 g/mol. The van der Waals surface area contributed by atoms with Crippen LogP contribution in [0.25, 0.3) is 17.1 Å². The van der Waals surface area contributed by atoms with Crippen molar-refractivity contribution in [2.75, 3.05) is 41.7 Å². The van der Waals surface area contributed by atoms with Gasteiger partial charge in [0.25, 0.3) is 0 Å². The summed E-state index contributed by atoms with van der Waals surface area (Å²) < 4.78 is 14.0. The minimum atomic E-state index is -0.432. The molecule has 0 bridgehead atoms. The van der Waals surface area contributed by atoms with Gasteiger partial charge >= 0.3 is 6.03 Å².